The molecular formula is C20H21N3O3S2. The predicted molar refractivity (Wildman–Crippen MR) is 112 cm³/mol. The van der Waals surface area contributed by atoms with E-state index in [1.54, 1.807) is 19.3 Å². The van der Waals surface area contributed by atoms with Crippen LogP contribution >= 0.6 is 22.7 Å². The van der Waals surface area contributed by atoms with Gasteiger partial charge in [-0.3, -0.25) is 9.78 Å². The number of thiophene rings is 1. The molecule has 0 spiro atoms. The minimum absolute atomic E-state index is 0.136. The van der Waals surface area contributed by atoms with Crippen molar-refractivity contribution >= 4 is 39.6 Å². The number of carbonyl (C=O) groups excluding carboxylic acids is 2. The first-order valence-electron chi connectivity index (χ1n) is 8.97. The molecule has 3 rings (SSSR count). The molecule has 0 aliphatic rings. The molecule has 28 heavy (non-hydrogen) atoms. The van der Waals surface area contributed by atoms with Gasteiger partial charge in [-0.15, -0.1) is 22.7 Å². The number of nitrogens with zero attached hydrogens (tertiary/aromatic N) is 2. The van der Waals surface area contributed by atoms with Crippen molar-refractivity contribution < 1.29 is 14.3 Å². The second-order valence-electron chi connectivity index (χ2n) is 6.03. The van der Waals surface area contributed by atoms with Crippen LogP contribution in [0.1, 0.15) is 40.3 Å². The average Bonchev–Trinajstić information content (AvgIpc) is 3.26. The first-order chi connectivity index (χ1) is 13.5. The highest BCUT2D eigenvalue weighted by atomic mass is 32.1. The quantitative estimate of drug-likeness (QED) is 0.575. The Morgan fingerprint density at radius 1 is 1.29 bits per heavy atom. The van der Waals surface area contributed by atoms with Crippen LogP contribution in [0.5, 0.6) is 0 Å². The summed E-state index contributed by atoms with van der Waals surface area (Å²) in [6.45, 7) is 5.99. The van der Waals surface area contributed by atoms with Crippen LogP contribution in [0.15, 0.2) is 29.9 Å². The molecule has 3 aromatic heterocycles. The van der Waals surface area contributed by atoms with Crippen LogP contribution in [0.3, 0.4) is 0 Å². The Morgan fingerprint density at radius 2 is 2.11 bits per heavy atom. The summed E-state index contributed by atoms with van der Waals surface area (Å²) in [5, 5.41) is 6.11. The van der Waals surface area contributed by atoms with Gasteiger partial charge in [0.15, 0.2) is 0 Å². The highest BCUT2D eigenvalue weighted by molar-refractivity contribution is 7.16. The number of anilines is 1. The first kappa shape index (κ1) is 20.2. The summed E-state index contributed by atoms with van der Waals surface area (Å²) >= 11 is 2.88. The molecule has 0 aromatic carbocycles. The van der Waals surface area contributed by atoms with Crippen LogP contribution in [0.4, 0.5) is 5.00 Å². The van der Waals surface area contributed by atoms with Crippen molar-refractivity contribution in [2.24, 2.45) is 0 Å². The van der Waals surface area contributed by atoms with Gasteiger partial charge >= 0.3 is 5.97 Å². The van der Waals surface area contributed by atoms with Crippen molar-refractivity contribution in [1.82, 2.24) is 9.97 Å². The van der Waals surface area contributed by atoms with E-state index in [4.69, 9.17) is 4.74 Å². The van der Waals surface area contributed by atoms with Crippen molar-refractivity contribution in [3.8, 4) is 10.6 Å². The SMILES string of the molecule is CCOC(=O)c1c(NC(=O)Cc2csc(-c3cccnc3)n2)sc(C)c1CC. The fourth-order valence-corrected chi connectivity index (χ4v) is 4.82. The van der Waals surface area contributed by atoms with Gasteiger partial charge in [0, 0.05) is 28.2 Å². The third-order valence-electron chi connectivity index (χ3n) is 4.10. The smallest absolute Gasteiger partial charge is 0.341 e. The maximum atomic E-state index is 12.6. The normalized spacial score (nSPS) is 10.7. The molecule has 6 nitrogen and oxygen atoms in total. The lowest BCUT2D eigenvalue weighted by molar-refractivity contribution is -0.115. The summed E-state index contributed by atoms with van der Waals surface area (Å²) in [7, 11) is 0. The number of nitrogens with one attached hydrogen (secondary N) is 1. The van der Waals surface area contributed by atoms with Gasteiger partial charge in [-0.05, 0) is 38.0 Å². The lowest BCUT2D eigenvalue weighted by Gasteiger charge is -2.07. The van der Waals surface area contributed by atoms with Gasteiger partial charge in [-0.25, -0.2) is 9.78 Å². The predicted octanol–water partition coefficient (Wildman–Crippen LogP) is 4.50. The molecule has 1 amide bonds. The molecular weight excluding hydrogens is 394 g/mol. The van der Waals surface area contributed by atoms with Gasteiger partial charge in [-0.2, -0.15) is 0 Å². The number of rotatable bonds is 7. The number of ether oxygens (including phenoxy) is 1. The van der Waals surface area contributed by atoms with Crippen LogP contribution in [-0.2, 0) is 22.4 Å². The summed E-state index contributed by atoms with van der Waals surface area (Å²) in [5.41, 5.74) is 2.99. The molecule has 1 N–H and O–H groups in total. The van der Waals surface area contributed by atoms with E-state index < -0.39 is 5.97 Å². The molecule has 0 aliphatic heterocycles. The van der Waals surface area contributed by atoms with E-state index in [-0.39, 0.29) is 12.3 Å². The summed E-state index contributed by atoms with van der Waals surface area (Å²) in [6, 6.07) is 3.78. The standard InChI is InChI=1S/C20H21N3O3S2/c1-4-15-12(3)28-19(17(15)20(25)26-5-2)23-16(24)9-14-11-27-18(22-14)13-7-6-8-21-10-13/h6-8,10-11H,4-5,9H2,1-3H3,(H,23,24). The highest BCUT2D eigenvalue weighted by Crippen LogP contribution is 2.34. The van der Waals surface area contributed by atoms with Gasteiger partial charge in [0.2, 0.25) is 5.91 Å². The monoisotopic (exact) mass is 415 g/mol. The molecule has 0 aliphatic carbocycles. The molecule has 3 aromatic rings. The molecule has 146 valence electrons. The fraction of sp³-hybridized carbons (Fsp3) is 0.300. The topological polar surface area (TPSA) is 81.2 Å². The van der Waals surface area contributed by atoms with Crippen LogP contribution in [-0.4, -0.2) is 28.5 Å². The van der Waals surface area contributed by atoms with Crippen LogP contribution < -0.4 is 5.32 Å². The molecule has 0 atom stereocenters. The Morgan fingerprint density at radius 3 is 2.79 bits per heavy atom. The maximum absolute atomic E-state index is 12.6. The number of aryl methyl sites for hydroxylation is 1. The van der Waals surface area contributed by atoms with Gasteiger partial charge in [0.1, 0.15) is 10.0 Å². The number of carbonyl (C=O) groups is 2. The molecule has 0 radical (unpaired) electrons. The molecule has 8 heteroatoms. The van der Waals surface area contributed by atoms with E-state index in [9.17, 15) is 9.59 Å². The molecule has 0 saturated carbocycles. The number of amides is 1. The second-order valence-corrected chi connectivity index (χ2v) is 8.11. The van der Waals surface area contributed by atoms with E-state index >= 15 is 0 Å². The van der Waals surface area contributed by atoms with Crippen LogP contribution in [0.2, 0.25) is 0 Å². The van der Waals surface area contributed by atoms with Crippen LogP contribution in [0, 0.1) is 6.92 Å². The number of esters is 1. The van der Waals surface area contributed by atoms with Crippen molar-refractivity contribution in [2.45, 2.75) is 33.6 Å². The number of hydrogen-bond donors (Lipinski definition) is 1. The summed E-state index contributed by atoms with van der Waals surface area (Å²) in [5.74, 6) is -0.607. The Bertz CT molecular complexity index is 980. The van der Waals surface area contributed by atoms with E-state index in [2.05, 4.69) is 15.3 Å². The lowest BCUT2D eigenvalue weighted by atomic mass is 10.1. The molecule has 0 unspecified atom stereocenters. The Hall–Kier alpha value is -2.58. The summed E-state index contributed by atoms with van der Waals surface area (Å²) in [4.78, 5) is 34.6. The van der Waals surface area contributed by atoms with Crippen molar-refractivity contribution in [2.75, 3.05) is 11.9 Å². The van der Waals surface area contributed by atoms with Gasteiger partial charge in [0.05, 0.1) is 24.3 Å². The zero-order valence-electron chi connectivity index (χ0n) is 15.9. The van der Waals surface area contributed by atoms with Crippen LogP contribution in [0.25, 0.3) is 10.6 Å². The maximum Gasteiger partial charge on any atom is 0.341 e. The largest absolute Gasteiger partial charge is 0.462 e. The number of pyridine rings is 1. The molecule has 0 saturated heterocycles. The third kappa shape index (κ3) is 4.45. The third-order valence-corrected chi connectivity index (χ3v) is 6.10. The summed E-state index contributed by atoms with van der Waals surface area (Å²) < 4.78 is 5.18. The molecule has 0 fully saturated rings. The highest BCUT2D eigenvalue weighted by Gasteiger charge is 2.23. The van der Waals surface area contributed by atoms with Crippen molar-refractivity contribution in [3.63, 3.8) is 0 Å². The van der Waals surface area contributed by atoms with Gasteiger partial charge in [-0.1, -0.05) is 6.92 Å². The van der Waals surface area contributed by atoms with Crippen molar-refractivity contribution in [1.29, 1.82) is 0 Å². The first-order valence-corrected chi connectivity index (χ1v) is 10.7. The fourth-order valence-electron chi connectivity index (χ4n) is 2.86. The van der Waals surface area contributed by atoms with Gasteiger partial charge < -0.3 is 10.1 Å². The average molecular weight is 416 g/mol. The number of aromatic nitrogens is 2. The number of hydrogen-bond acceptors (Lipinski definition) is 7. The summed E-state index contributed by atoms with van der Waals surface area (Å²) in [6.07, 6.45) is 4.29. The second kappa shape index (κ2) is 9.07. The zero-order chi connectivity index (χ0) is 20.1. The number of thiazole rings is 1. The van der Waals surface area contributed by atoms with E-state index in [0.717, 1.165) is 21.0 Å². The zero-order valence-corrected chi connectivity index (χ0v) is 17.6. The Labute approximate surface area is 171 Å². The van der Waals surface area contributed by atoms with E-state index in [1.807, 2.05) is 31.4 Å². The van der Waals surface area contributed by atoms with E-state index in [1.165, 1.54) is 22.7 Å². The van der Waals surface area contributed by atoms with Gasteiger partial charge in [0.25, 0.3) is 0 Å². The Kier molecular flexibility index (Phi) is 6.53. The minimum atomic E-state index is -0.397. The molecule has 0 bridgehead atoms. The van der Waals surface area contributed by atoms with E-state index in [0.29, 0.717) is 29.3 Å². The van der Waals surface area contributed by atoms with Crippen molar-refractivity contribution in [3.05, 3.63) is 51.6 Å². The Balaban J connectivity index is 1.75. The lowest BCUT2D eigenvalue weighted by Crippen LogP contribution is -2.17. The minimum Gasteiger partial charge on any atom is -0.462 e. The molecule has 3 heterocycles.